The van der Waals surface area contributed by atoms with Gasteiger partial charge in [0.25, 0.3) is 0 Å². The first kappa shape index (κ1) is 17.3. The number of carbonyl (C=O) groups is 1. The zero-order chi connectivity index (χ0) is 16.7. The van der Waals surface area contributed by atoms with E-state index in [0.29, 0.717) is 13.2 Å². The van der Waals surface area contributed by atoms with Gasteiger partial charge in [0.2, 0.25) is 0 Å². The highest BCUT2D eigenvalue weighted by atomic mass is 32.1. The molecule has 1 atom stereocenters. The molecule has 2 rings (SSSR count). The molecule has 2 aromatic rings. The first-order valence-electron chi connectivity index (χ1n) is 7.56. The van der Waals surface area contributed by atoms with E-state index in [1.165, 1.54) is 5.56 Å². The quantitative estimate of drug-likeness (QED) is 0.814. The van der Waals surface area contributed by atoms with E-state index in [2.05, 4.69) is 27.0 Å². The van der Waals surface area contributed by atoms with Gasteiger partial charge in [-0.05, 0) is 67.7 Å². The molecule has 1 unspecified atom stereocenters. The molecular formula is C17H23N3O2S. The summed E-state index contributed by atoms with van der Waals surface area (Å²) in [6, 6.07) is 9.37. The third kappa shape index (κ3) is 5.26. The van der Waals surface area contributed by atoms with Crippen molar-refractivity contribution in [3.8, 4) is 5.75 Å². The van der Waals surface area contributed by atoms with Crippen LogP contribution in [0.2, 0.25) is 0 Å². The summed E-state index contributed by atoms with van der Waals surface area (Å²) in [6.07, 6.45) is 0. The van der Waals surface area contributed by atoms with Gasteiger partial charge in [0.15, 0.2) is 0 Å². The molecule has 1 aromatic carbocycles. The van der Waals surface area contributed by atoms with Crippen molar-refractivity contribution in [3.63, 3.8) is 0 Å². The fourth-order valence-corrected chi connectivity index (χ4v) is 2.94. The molecule has 0 spiro atoms. The molecule has 23 heavy (non-hydrogen) atoms. The van der Waals surface area contributed by atoms with Crippen molar-refractivity contribution in [2.45, 2.75) is 13.0 Å². The number of thiophene rings is 1. The van der Waals surface area contributed by atoms with E-state index in [9.17, 15) is 4.79 Å². The van der Waals surface area contributed by atoms with Crippen LogP contribution in [0.25, 0.3) is 0 Å². The van der Waals surface area contributed by atoms with Crippen molar-refractivity contribution in [3.05, 3.63) is 46.7 Å². The number of urea groups is 1. The highest BCUT2D eigenvalue weighted by molar-refractivity contribution is 7.07. The molecule has 1 aromatic heterocycles. The fraction of sp³-hybridized carbons (Fsp3) is 0.353. The smallest absolute Gasteiger partial charge is 0.319 e. The predicted molar refractivity (Wildman–Crippen MR) is 95.4 cm³/mol. The Labute approximate surface area is 141 Å². The molecule has 124 valence electrons. The second-order valence-corrected chi connectivity index (χ2v) is 6.11. The second kappa shape index (κ2) is 8.55. The minimum Gasteiger partial charge on any atom is -0.494 e. The number of nitrogens with zero attached hydrogens (tertiary/aromatic N) is 1. The third-order valence-corrected chi connectivity index (χ3v) is 4.13. The van der Waals surface area contributed by atoms with Gasteiger partial charge >= 0.3 is 6.03 Å². The average Bonchev–Trinajstić information content (AvgIpc) is 3.03. The molecule has 0 aliphatic heterocycles. The van der Waals surface area contributed by atoms with Crippen molar-refractivity contribution in [1.29, 1.82) is 0 Å². The van der Waals surface area contributed by atoms with Crippen molar-refractivity contribution in [2.75, 3.05) is 32.6 Å². The molecule has 0 aliphatic rings. The number of rotatable bonds is 7. The average molecular weight is 333 g/mol. The van der Waals surface area contributed by atoms with E-state index in [0.717, 1.165) is 11.4 Å². The lowest BCUT2D eigenvalue weighted by molar-refractivity contribution is 0.243. The van der Waals surface area contributed by atoms with Gasteiger partial charge in [-0.2, -0.15) is 11.3 Å². The van der Waals surface area contributed by atoms with Crippen molar-refractivity contribution >= 4 is 23.1 Å². The van der Waals surface area contributed by atoms with Crippen LogP contribution in [0.4, 0.5) is 10.5 Å². The Hall–Kier alpha value is -2.05. The molecule has 5 nitrogen and oxygen atoms in total. The molecule has 2 N–H and O–H groups in total. The Kier molecular flexibility index (Phi) is 6.43. The number of amides is 2. The normalized spacial score (nSPS) is 12.0. The summed E-state index contributed by atoms with van der Waals surface area (Å²) >= 11 is 1.66. The van der Waals surface area contributed by atoms with E-state index < -0.39 is 0 Å². The Balaban J connectivity index is 1.86. The fourth-order valence-electron chi connectivity index (χ4n) is 2.23. The van der Waals surface area contributed by atoms with Gasteiger partial charge in [-0.3, -0.25) is 0 Å². The first-order chi connectivity index (χ1) is 11.1. The minimum absolute atomic E-state index is 0.160. The Bertz CT molecular complexity index is 597. The molecule has 0 saturated carbocycles. The Morgan fingerprint density at radius 3 is 2.57 bits per heavy atom. The summed E-state index contributed by atoms with van der Waals surface area (Å²) in [5, 5.41) is 9.91. The number of benzene rings is 1. The number of ether oxygens (including phenoxy) is 1. The van der Waals surface area contributed by atoms with Crippen LogP contribution in [-0.4, -0.2) is 38.2 Å². The molecule has 0 bridgehead atoms. The predicted octanol–water partition coefficient (Wildman–Crippen LogP) is 3.57. The van der Waals surface area contributed by atoms with Gasteiger partial charge < -0.3 is 20.3 Å². The van der Waals surface area contributed by atoms with Gasteiger partial charge in [0.05, 0.1) is 12.6 Å². The lowest BCUT2D eigenvalue weighted by Gasteiger charge is -2.24. The highest BCUT2D eigenvalue weighted by Gasteiger charge is 2.15. The van der Waals surface area contributed by atoms with E-state index >= 15 is 0 Å². The zero-order valence-corrected chi connectivity index (χ0v) is 14.5. The maximum absolute atomic E-state index is 12.1. The molecule has 0 radical (unpaired) electrons. The van der Waals surface area contributed by atoms with Crippen LogP contribution in [0.1, 0.15) is 18.5 Å². The standard InChI is InChI=1S/C17H23N3O2S/c1-4-22-15-7-5-14(6-8-15)19-17(21)18-11-16(20(2)3)13-9-10-23-12-13/h5-10,12,16H,4,11H2,1-3H3,(H2,18,19,21). The van der Waals surface area contributed by atoms with Crippen molar-refractivity contribution < 1.29 is 9.53 Å². The maximum Gasteiger partial charge on any atom is 0.319 e. The van der Waals surface area contributed by atoms with Crippen LogP contribution < -0.4 is 15.4 Å². The summed E-state index contributed by atoms with van der Waals surface area (Å²) in [7, 11) is 4.02. The van der Waals surface area contributed by atoms with Gasteiger partial charge in [0.1, 0.15) is 5.75 Å². The number of carbonyl (C=O) groups excluding carboxylic acids is 1. The minimum atomic E-state index is -0.212. The Morgan fingerprint density at radius 2 is 2.00 bits per heavy atom. The summed E-state index contributed by atoms with van der Waals surface area (Å²) in [4.78, 5) is 14.1. The Morgan fingerprint density at radius 1 is 1.26 bits per heavy atom. The number of hydrogen-bond donors (Lipinski definition) is 2. The number of hydrogen-bond acceptors (Lipinski definition) is 4. The van der Waals surface area contributed by atoms with Gasteiger partial charge in [-0.15, -0.1) is 0 Å². The zero-order valence-electron chi connectivity index (χ0n) is 13.7. The van der Waals surface area contributed by atoms with Crippen LogP contribution in [-0.2, 0) is 0 Å². The van der Waals surface area contributed by atoms with E-state index in [-0.39, 0.29) is 12.1 Å². The molecular weight excluding hydrogens is 310 g/mol. The molecule has 0 saturated heterocycles. The van der Waals surface area contributed by atoms with Crippen LogP contribution >= 0.6 is 11.3 Å². The largest absolute Gasteiger partial charge is 0.494 e. The third-order valence-electron chi connectivity index (χ3n) is 3.43. The van der Waals surface area contributed by atoms with Crippen LogP contribution in [0, 0.1) is 0 Å². The molecule has 0 fully saturated rings. The topological polar surface area (TPSA) is 53.6 Å². The summed E-state index contributed by atoms with van der Waals surface area (Å²) in [5.41, 5.74) is 1.95. The van der Waals surface area contributed by atoms with Gasteiger partial charge in [-0.1, -0.05) is 0 Å². The van der Waals surface area contributed by atoms with Gasteiger partial charge in [-0.25, -0.2) is 4.79 Å². The monoisotopic (exact) mass is 333 g/mol. The van der Waals surface area contributed by atoms with Gasteiger partial charge in [0, 0.05) is 12.2 Å². The molecule has 6 heteroatoms. The molecule has 0 aliphatic carbocycles. The highest BCUT2D eigenvalue weighted by Crippen LogP contribution is 2.20. The first-order valence-corrected chi connectivity index (χ1v) is 8.50. The number of likely N-dealkylation sites (N-methyl/N-ethyl adjacent to an activating group) is 1. The summed E-state index contributed by atoms with van der Waals surface area (Å²) < 4.78 is 5.38. The van der Waals surface area contributed by atoms with E-state index in [1.807, 2.05) is 50.7 Å². The lowest BCUT2D eigenvalue weighted by atomic mass is 10.1. The van der Waals surface area contributed by atoms with Crippen LogP contribution in [0.3, 0.4) is 0 Å². The van der Waals surface area contributed by atoms with Crippen LogP contribution in [0.15, 0.2) is 41.1 Å². The maximum atomic E-state index is 12.1. The second-order valence-electron chi connectivity index (χ2n) is 5.33. The van der Waals surface area contributed by atoms with Crippen molar-refractivity contribution in [2.24, 2.45) is 0 Å². The van der Waals surface area contributed by atoms with E-state index in [4.69, 9.17) is 4.74 Å². The SMILES string of the molecule is CCOc1ccc(NC(=O)NCC(c2ccsc2)N(C)C)cc1. The van der Waals surface area contributed by atoms with Crippen molar-refractivity contribution in [1.82, 2.24) is 10.2 Å². The van der Waals surface area contributed by atoms with Crippen LogP contribution in [0.5, 0.6) is 5.75 Å². The number of nitrogens with one attached hydrogen (secondary N) is 2. The number of anilines is 1. The molecule has 2 amide bonds. The molecule has 1 heterocycles. The lowest BCUT2D eigenvalue weighted by Crippen LogP contribution is -2.36. The summed E-state index contributed by atoms with van der Waals surface area (Å²) in [6.45, 7) is 3.11. The summed E-state index contributed by atoms with van der Waals surface area (Å²) in [5.74, 6) is 0.795. The van der Waals surface area contributed by atoms with E-state index in [1.54, 1.807) is 11.3 Å².